The summed E-state index contributed by atoms with van der Waals surface area (Å²) >= 11 is 0. The fraction of sp³-hybridized carbons (Fsp3) is 0.950. The summed E-state index contributed by atoms with van der Waals surface area (Å²) in [5, 5.41) is 0. The van der Waals surface area contributed by atoms with Crippen molar-refractivity contribution in [3.63, 3.8) is 0 Å². The van der Waals surface area contributed by atoms with Gasteiger partial charge >= 0.3 is 0 Å². The van der Waals surface area contributed by atoms with Gasteiger partial charge in [0.1, 0.15) is 0 Å². The molecule has 0 aromatic rings. The quantitative estimate of drug-likeness (QED) is 0.601. The van der Waals surface area contributed by atoms with Crippen molar-refractivity contribution in [3.8, 4) is 0 Å². The Bertz CT molecular complexity index is 601. The lowest BCUT2D eigenvalue weighted by Crippen LogP contribution is -2.53. The van der Waals surface area contributed by atoms with Crippen molar-refractivity contribution in [2.75, 3.05) is 58.7 Å². The van der Waals surface area contributed by atoms with Crippen LogP contribution in [0.2, 0.25) is 0 Å². The molecular formula is C20H37N3O4S. The van der Waals surface area contributed by atoms with Gasteiger partial charge in [0.05, 0.1) is 19.5 Å². The predicted octanol–water partition coefficient (Wildman–Crippen LogP) is 1.54. The van der Waals surface area contributed by atoms with Crippen molar-refractivity contribution in [3.05, 3.63) is 0 Å². The number of carbonyl (C=O) groups excluding carboxylic acids is 1. The Morgan fingerprint density at radius 3 is 2.46 bits per heavy atom. The molecule has 3 fully saturated rings. The van der Waals surface area contributed by atoms with Gasteiger partial charge in [-0.05, 0) is 25.2 Å². The molecule has 2 heterocycles. The minimum absolute atomic E-state index is 0.0970. The number of nitrogens with zero attached hydrogens (tertiary/aromatic N) is 3. The molecule has 0 aromatic heterocycles. The van der Waals surface area contributed by atoms with Crippen LogP contribution in [0.4, 0.5) is 0 Å². The van der Waals surface area contributed by atoms with E-state index in [1.54, 1.807) is 4.31 Å². The largest absolute Gasteiger partial charge is 0.379 e. The third-order valence-corrected chi connectivity index (χ3v) is 7.90. The van der Waals surface area contributed by atoms with Crippen LogP contribution in [0, 0.1) is 5.92 Å². The summed E-state index contributed by atoms with van der Waals surface area (Å²) in [6, 6.07) is -0.0970. The molecule has 2 saturated heterocycles. The third-order valence-electron chi connectivity index (χ3n) is 6.56. The second-order valence-electron chi connectivity index (χ2n) is 8.65. The monoisotopic (exact) mass is 415 g/mol. The van der Waals surface area contributed by atoms with Crippen LogP contribution < -0.4 is 0 Å². The average molecular weight is 416 g/mol. The van der Waals surface area contributed by atoms with Gasteiger partial charge < -0.3 is 9.64 Å². The SMILES string of the molecule is CS(=O)(=O)N(CCN1CCOCC1)C1CCCN(C(=O)CCC2CCCC2)C1. The standard InChI is InChI=1S/C20H37N3O4S/c1-28(25,26)23(12-11-21-13-15-27-16-14-21)19-7-4-10-22(17-19)20(24)9-8-18-5-2-3-6-18/h18-19H,2-17H2,1H3. The van der Waals surface area contributed by atoms with E-state index >= 15 is 0 Å². The minimum Gasteiger partial charge on any atom is -0.379 e. The number of likely N-dealkylation sites (tertiary alicyclic amines) is 1. The van der Waals surface area contributed by atoms with Gasteiger partial charge in [0.2, 0.25) is 15.9 Å². The number of ether oxygens (including phenoxy) is 1. The summed E-state index contributed by atoms with van der Waals surface area (Å²) in [4.78, 5) is 16.9. The summed E-state index contributed by atoms with van der Waals surface area (Å²) in [5.74, 6) is 0.920. The van der Waals surface area contributed by atoms with Crippen LogP contribution in [0.5, 0.6) is 0 Å². The van der Waals surface area contributed by atoms with E-state index in [0.717, 1.165) is 45.4 Å². The maximum absolute atomic E-state index is 12.7. The molecule has 8 heteroatoms. The maximum Gasteiger partial charge on any atom is 0.222 e. The molecule has 2 aliphatic heterocycles. The number of hydrogen-bond acceptors (Lipinski definition) is 5. The number of sulfonamides is 1. The van der Waals surface area contributed by atoms with Crippen molar-refractivity contribution < 1.29 is 17.9 Å². The highest BCUT2D eigenvalue weighted by molar-refractivity contribution is 7.88. The minimum atomic E-state index is -3.30. The van der Waals surface area contributed by atoms with Crippen molar-refractivity contribution in [2.24, 2.45) is 5.92 Å². The summed E-state index contributed by atoms with van der Waals surface area (Å²) in [7, 11) is -3.30. The lowest BCUT2D eigenvalue weighted by atomic mass is 10.00. The number of carbonyl (C=O) groups is 1. The molecule has 0 bridgehead atoms. The number of amides is 1. The molecule has 28 heavy (non-hydrogen) atoms. The van der Waals surface area contributed by atoms with E-state index in [4.69, 9.17) is 4.74 Å². The Balaban J connectivity index is 1.53. The zero-order valence-corrected chi connectivity index (χ0v) is 18.2. The van der Waals surface area contributed by atoms with Crippen molar-refractivity contribution >= 4 is 15.9 Å². The zero-order valence-electron chi connectivity index (χ0n) is 17.4. The van der Waals surface area contributed by atoms with Crippen LogP contribution in [-0.4, -0.2) is 93.2 Å². The molecule has 1 saturated carbocycles. The number of hydrogen-bond donors (Lipinski definition) is 0. The van der Waals surface area contributed by atoms with E-state index in [9.17, 15) is 13.2 Å². The van der Waals surface area contributed by atoms with Crippen LogP contribution in [0.25, 0.3) is 0 Å². The van der Waals surface area contributed by atoms with E-state index < -0.39 is 10.0 Å². The van der Waals surface area contributed by atoms with Crippen LogP contribution in [0.3, 0.4) is 0 Å². The highest BCUT2D eigenvalue weighted by Gasteiger charge is 2.33. The fourth-order valence-corrected chi connectivity index (χ4v) is 6.01. The van der Waals surface area contributed by atoms with Gasteiger partial charge in [0.15, 0.2) is 0 Å². The molecule has 3 rings (SSSR count). The van der Waals surface area contributed by atoms with Gasteiger partial charge in [0.25, 0.3) is 0 Å². The third kappa shape index (κ3) is 6.40. The highest BCUT2D eigenvalue weighted by Crippen LogP contribution is 2.29. The maximum atomic E-state index is 12.7. The second kappa shape index (κ2) is 10.4. The first-order valence-electron chi connectivity index (χ1n) is 11.0. The van der Waals surface area contributed by atoms with Gasteiger partial charge in [-0.15, -0.1) is 0 Å². The first-order chi connectivity index (χ1) is 13.4. The summed E-state index contributed by atoms with van der Waals surface area (Å²) < 4.78 is 31.9. The molecule has 1 atom stereocenters. The Hall–Kier alpha value is -0.700. The molecule has 0 radical (unpaired) electrons. The van der Waals surface area contributed by atoms with Gasteiger partial charge in [-0.1, -0.05) is 25.7 Å². The molecule has 162 valence electrons. The fourth-order valence-electron chi connectivity index (χ4n) is 4.89. The first-order valence-corrected chi connectivity index (χ1v) is 12.8. The molecule has 1 unspecified atom stereocenters. The Morgan fingerprint density at radius 1 is 1.07 bits per heavy atom. The van der Waals surface area contributed by atoms with E-state index in [1.807, 2.05) is 4.90 Å². The zero-order chi connectivity index (χ0) is 20.0. The van der Waals surface area contributed by atoms with Crippen molar-refractivity contribution in [1.82, 2.24) is 14.1 Å². The van der Waals surface area contributed by atoms with Gasteiger partial charge in [-0.2, -0.15) is 4.31 Å². The van der Waals surface area contributed by atoms with Crippen LogP contribution >= 0.6 is 0 Å². The molecule has 1 amide bonds. The lowest BCUT2D eigenvalue weighted by Gasteiger charge is -2.39. The van der Waals surface area contributed by atoms with Gasteiger partial charge in [-0.25, -0.2) is 8.42 Å². The summed E-state index contributed by atoms with van der Waals surface area (Å²) in [5.41, 5.74) is 0. The number of rotatable bonds is 8. The molecular weight excluding hydrogens is 378 g/mol. The van der Waals surface area contributed by atoms with E-state index in [2.05, 4.69) is 4.90 Å². The smallest absolute Gasteiger partial charge is 0.222 e. The number of piperidine rings is 1. The highest BCUT2D eigenvalue weighted by atomic mass is 32.2. The second-order valence-corrected chi connectivity index (χ2v) is 10.6. The van der Waals surface area contributed by atoms with Crippen molar-refractivity contribution in [1.29, 1.82) is 0 Å². The average Bonchev–Trinajstić information content (AvgIpc) is 3.20. The molecule has 0 aromatic carbocycles. The number of morpholine rings is 1. The van der Waals surface area contributed by atoms with Crippen molar-refractivity contribution in [2.45, 2.75) is 57.4 Å². The summed E-state index contributed by atoms with van der Waals surface area (Å²) in [6.45, 7) is 5.66. The normalized spacial score (nSPS) is 25.5. The Morgan fingerprint density at radius 2 is 1.79 bits per heavy atom. The van der Waals surface area contributed by atoms with E-state index in [0.29, 0.717) is 38.6 Å². The molecule has 1 aliphatic carbocycles. The molecule has 0 spiro atoms. The molecule has 3 aliphatic rings. The Kier molecular flexibility index (Phi) is 8.14. The molecule has 0 N–H and O–H groups in total. The predicted molar refractivity (Wildman–Crippen MR) is 110 cm³/mol. The lowest BCUT2D eigenvalue weighted by molar-refractivity contribution is -0.133. The van der Waals surface area contributed by atoms with Gasteiger partial charge in [0, 0.05) is 51.7 Å². The Labute approximate surface area is 170 Å². The van der Waals surface area contributed by atoms with Crippen LogP contribution in [0.1, 0.15) is 51.4 Å². The van der Waals surface area contributed by atoms with Gasteiger partial charge in [-0.3, -0.25) is 9.69 Å². The van der Waals surface area contributed by atoms with Crippen LogP contribution in [0.15, 0.2) is 0 Å². The summed E-state index contributed by atoms with van der Waals surface area (Å²) in [6.07, 6.45) is 9.75. The van der Waals surface area contributed by atoms with E-state index in [-0.39, 0.29) is 11.9 Å². The molecule has 7 nitrogen and oxygen atoms in total. The first kappa shape index (κ1) is 22.0. The van der Waals surface area contributed by atoms with Crippen LogP contribution in [-0.2, 0) is 19.6 Å². The topological polar surface area (TPSA) is 70.2 Å². The van der Waals surface area contributed by atoms with E-state index in [1.165, 1.54) is 31.9 Å².